The van der Waals surface area contributed by atoms with Crippen molar-refractivity contribution in [3.63, 3.8) is 0 Å². The van der Waals surface area contributed by atoms with Crippen molar-refractivity contribution in [2.75, 3.05) is 47.7 Å². The lowest BCUT2D eigenvalue weighted by Crippen LogP contribution is -2.49. The molecule has 0 aliphatic carbocycles. The van der Waals surface area contributed by atoms with Crippen molar-refractivity contribution in [1.82, 2.24) is 9.88 Å². The van der Waals surface area contributed by atoms with Crippen molar-refractivity contribution in [1.29, 1.82) is 0 Å². The molecular formula is C19H22N4O3S. The fourth-order valence-corrected chi connectivity index (χ4v) is 5.13. The first-order chi connectivity index (χ1) is 13.0. The summed E-state index contributed by atoms with van der Waals surface area (Å²) in [5.41, 5.74) is 1.21. The minimum absolute atomic E-state index is 0.0218. The first kappa shape index (κ1) is 17.8. The Bertz CT molecular complexity index is 908. The van der Waals surface area contributed by atoms with Crippen LogP contribution in [-0.2, 0) is 10.0 Å². The molecule has 8 heteroatoms. The van der Waals surface area contributed by atoms with Gasteiger partial charge in [0.1, 0.15) is 5.82 Å². The Balaban J connectivity index is 1.40. The highest BCUT2D eigenvalue weighted by atomic mass is 32.2. The standard InChI is InChI=1S/C19H22N4O3S/c24-19(22-13-11-21(12-14-22)18-4-1-2-9-20-18)16-5-7-17(8-6-16)23-10-3-15-27(23,25)26/h1-2,4-9H,3,10-15H2. The molecule has 3 heterocycles. The molecule has 0 spiro atoms. The number of carbonyl (C=O) groups is 1. The van der Waals surface area contributed by atoms with Gasteiger partial charge in [-0.05, 0) is 42.8 Å². The van der Waals surface area contributed by atoms with E-state index in [-0.39, 0.29) is 11.7 Å². The summed E-state index contributed by atoms with van der Waals surface area (Å²) in [6.07, 6.45) is 2.42. The summed E-state index contributed by atoms with van der Waals surface area (Å²) in [6, 6.07) is 12.7. The van der Waals surface area contributed by atoms with Crippen LogP contribution in [-0.4, -0.2) is 62.7 Å². The van der Waals surface area contributed by atoms with Gasteiger partial charge < -0.3 is 9.80 Å². The van der Waals surface area contributed by atoms with Crippen LogP contribution in [0.1, 0.15) is 16.8 Å². The summed E-state index contributed by atoms with van der Waals surface area (Å²) in [5, 5.41) is 0. The van der Waals surface area contributed by atoms with E-state index in [0.29, 0.717) is 37.3 Å². The molecule has 7 nitrogen and oxygen atoms in total. The molecule has 2 aliphatic rings. The number of hydrogen-bond donors (Lipinski definition) is 0. The fraction of sp³-hybridized carbons (Fsp3) is 0.368. The van der Waals surface area contributed by atoms with Gasteiger partial charge in [-0.25, -0.2) is 13.4 Å². The van der Waals surface area contributed by atoms with Crippen LogP contribution < -0.4 is 9.21 Å². The number of piperazine rings is 1. The molecule has 142 valence electrons. The number of nitrogens with zero attached hydrogens (tertiary/aromatic N) is 4. The third kappa shape index (κ3) is 3.62. The first-order valence-corrected chi connectivity index (χ1v) is 10.7. The molecule has 2 fully saturated rings. The van der Waals surface area contributed by atoms with Crippen LogP contribution in [0.2, 0.25) is 0 Å². The topological polar surface area (TPSA) is 73.8 Å². The molecule has 0 saturated carbocycles. The Labute approximate surface area is 159 Å². The zero-order valence-corrected chi connectivity index (χ0v) is 15.8. The third-order valence-corrected chi connectivity index (χ3v) is 6.91. The van der Waals surface area contributed by atoms with Crippen LogP contribution in [0.5, 0.6) is 0 Å². The van der Waals surface area contributed by atoms with Gasteiger partial charge in [0, 0.05) is 44.5 Å². The predicted molar refractivity (Wildman–Crippen MR) is 105 cm³/mol. The van der Waals surface area contributed by atoms with Crippen molar-refractivity contribution in [3.05, 3.63) is 54.2 Å². The van der Waals surface area contributed by atoms with E-state index in [0.717, 1.165) is 18.9 Å². The Kier molecular flexibility index (Phi) is 4.73. The highest BCUT2D eigenvalue weighted by Gasteiger charge is 2.29. The van der Waals surface area contributed by atoms with E-state index in [1.165, 1.54) is 4.31 Å². The average Bonchev–Trinajstić information content (AvgIpc) is 3.07. The van der Waals surface area contributed by atoms with Gasteiger partial charge in [0.15, 0.2) is 0 Å². The lowest BCUT2D eigenvalue weighted by atomic mass is 10.1. The van der Waals surface area contributed by atoms with Crippen LogP contribution >= 0.6 is 0 Å². The molecule has 0 radical (unpaired) electrons. The lowest BCUT2D eigenvalue weighted by Gasteiger charge is -2.35. The molecule has 1 aromatic carbocycles. The molecule has 27 heavy (non-hydrogen) atoms. The molecule has 0 N–H and O–H groups in total. The van der Waals surface area contributed by atoms with E-state index >= 15 is 0 Å². The van der Waals surface area contributed by atoms with Crippen LogP contribution in [0.25, 0.3) is 0 Å². The minimum atomic E-state index is -3.20. The summed E-state index contributed by atoms with van der Waals surface area (Å²) < 4.78 is 25.5. The van der Waals surface area contributed by atoms with Gasteiger partial charge in [-0.15, -0.1) is 0 Å². The van der Waals surface area contributed by atoms with Crippen LogP contribution in [0, 0.1) is 0 Å². The molecule has 2 aromatic rings. The second-order valence-corrected chi connectivity index (χ2v) is 8.77. The number of pyridine rings is 1. The van der Waals surface area contributed by atoms with Gasteiger partial charge in [0.05, 0.1) is 11.4 Å². The minimum Gasteiger partial charge on any atom is -0.353 e. The molecule has 4 rings (SSSR count). The van der Waals surface area contributed by atoms with E-state index in [9.17, 15) is 13.2 Å². The zero-order valence-electron chi connectivity index (χ0n) is 15.0. The normalized spacial score (nSPS) is 19.3. The Hall–Kier alpha value is -2.61. The Morgan fingerprint density at radius 3 is 2.26 bits per heavy atom. The summed E-state index contributed by atoms with van der Waals surface area (Å²) in [7, 11) is -3.20. The van der Waals surface area contributed by atoms with Gasteiger partial charge in [-0.1, -0.05) is 6.07 Å². The van der Waals surface area contributed by atoms with Gasteiger partial charge in [0.25, 0.3) is 5.91 Å². The quantitative estimate of drug-likeness (QED) is 0.801. The fourth-order valence-electron chi connectivity index (χ4n) is 3.56. The summed E-state index contributed by atoms with van der Waals surface area (Å²) in [4.78, 5) is 21.1. The van der Waals surface area contributed by atoms with Crippen molar-refractivity contribution in [3.8, 4) is 0 Å². The van der Waals surface area contributed by atoms with E-state index in [1.54, 1.807) is 30.5 Å². The largest absolute Gasteiger partial charge is 0.353 e. The van der Waals surface area contributed by atoms with Gasteiger partial charge in [-0.2, -0.15) is 0 Å². The number of aromatic nitrogens is 1. The second kappa shape index (κ2) is 7.19. The lowest BCUT2D eigenvalue weighted by molar-refractivity contribution is 0.0746. The number of hydrogen-bond acceptors (Lipinski definition) is 5. The van der Waals surface area contributed by atoms with E-state index in [4.69, 9.17) is 0 Å². The molecular weight excluding hydrogens is 364 g/mol. The third-order valence-electron chi connectivity index (χ3n) is 5.04. The predicted octanol–water partition coefficient (Wildman–Crippen LogP) is 1.58. The number of benzene rings is 1. The molecule has 0 bridgehead atoms. The van der Waals surface area contributed by atoms with E-state index in [1.807, 2.05) is 23.1 Å². The molecule has 1 amide bonds. The van der Waals surface area contributed by atoms with Crippen LogP contribution in [0.3, 0.4) is 0 Å². The zero-order chi connectivity index (χ0) is 18.9. The summed E-state index contributed by atoms with van der Waals surface area (Å²) >= 11 is 0. The van der Waals surface area contributed by atoms with Crippen molar-refractivity contribution >= 4 is 27.4 Å². The first-order valence-electron chi connectivity index (χ1n) is 9.10. The maximum atomic E-state index is 12.8. The molecule has 1 aromatic heterocycles. The molecule has 0 atom stereocenters. The summed E-state index contributed by atoms with van der Waals surface area (Å²) in [5.74, 6) is 1.10. The average molecular weight is 386 g/mol. The SMILES string of the molecule is O=C(c1ccc(N2CCCS2(=O)=O)cc1)N1CCN(c2ccccn2)CC1. The Morgan fingerprint density at radius 1 is 0.926 bits per heavy atom. The van der Waals surface area contributed by atoms with Gasteiger partial charge in [-0.3, -0.25) is 9.10 Å². The number of rotatable bonds is 3. The Morgan fingerprint density at radius 2 is 1.67 bits per heavy atom. The van der Waals surface area contributed by atoms with E-state index < -0.39 is 10.0 Å². The van der Waals surface area contributed by atoms with Crippen molar-refractivity contribution < 1.29 is 13.2 Å². The van der Waals surface area contributed by atoms with Crippen LogP contribution in [0.15, 0.2) is 48.7 Å². The number of sulfonamides is 1. The van der Waals surface area contributed by atoms with E-state index in [2.05, 4.69) is 9.88 Å². The number of carbonyl (C=O) groups excluding carboxylic acids is 1. The monoisotopic (exact) mass is 386 g/mol. The highest BCUT2D eigenvalue weighted by Crippen LogP contribution is 2.24. The maximum Gasteiger partial charge on any atom is 0.253 e. The van der Waals surface area contributed by atoms with Gasteiger partial charge >= 0.3 is 0 Å². The van der Waals surface area contributed by atoms with Crippen molar-refractivity contribution in [2.45, 2.75) is 6.42 Å². The second-order valence-electron chi connectivity index (χ2n) is 6.76. The molecule has 2 saturated heterocycles. The maximum absolute atomic E-state index is 12.8. The molecule has 0 unspecified atom stereocenters. The molecule has 2 aliphatic heterocycles. The number of anilines is 2. The number of amides is 1. The highest BCUT2D eigenvalue weighted by molar-refractivity contribution is 7.93. The van der Waals surface area contributed by atoms with Gasteiger partial charge in [0.2, 0.25) is 10.0 Å². The van der Waals surface area contributed by atoms with Crippen molar-refractivity contribution in [2.24, 2.45) is 0 Å². The summed E-state index contributed by atoms with van der Waals surface area (Å²) in [6.45, 7) is 3.26. The van der Waals surface area contributed by atoms with Crippen LogP contribution in [0.4, 0.5) is 11.5 Å². The smallest absolute Gasteiger partial charge is 0.253 e.